The zero-order valence-electron chi connectivity index (χ0n) is 15.2. The molecule has 1 aliphatic carbocycles. The number of aromatic hydroxyl groups is 1. The molecule has 5 nitrogen and oxygen atoms in total. The topological polar surface area (TPSA) is 72.3 Å². The average molecular weight is 354 g/mol. The van der Waals surface area contributed by atoms with E-state index in [1.54, 1.807) is 24.3 Å². The second-order valence-electron chi connectivity index (χ2n) is 7.10. The summed E-state index contributed by atoms with van der Waals surface area (Å²) in [6.45, 7) is 2.27. The third-order valence-electron chi connectivity index (χ3n) is 5.28. The van der Waals surface area contributed by atoms with Gasteiger partial charge in [-0.2, -0.15) is 0 Å². The van der Waals surface area contributed by atoms with Crippen LogP contribution < -0.4 is 4.74 Å². The van der Waals surface area contributed by atoms with Gasteiger partial charge in [0.15, 0.2) is 11.6 Å². The molecular weight excluding hydrogens is 328 g/mol. The normalized spacial score (nSPS) is 19.9. The van der Waals surface area contributed by atoms with E-state index < -0.39 is 0 Å². The molecule has 1 fully saturated rings. The standard InChI is InChI=1S/C21H26N2O3/c1-2-15-3-5-16(6-4-15)7-12-20(25)26-19-10-8-17(9-11-19)21-22-13-18(24)14-23-21/h8-11,13-16,24H,2-7,12H2,1H3. The summed E-state index contributed by atoms with van der Waals surface area (Å²) in [6.07, 6.45) is 10.5. The van der Waals surface area contributed by atoms with Crippen molar-refractivity contribution in [2.24, 2.45) is 11.8 Å². The van der Waals surface area contributed by atoms with E-state index in [0.29, 0.717) is 23.9 Å². The number of aromatic nitrogens is 2. The number of esters is 1. The average Bonchev–Trinajstić information content (AvgIpc) is 2.68. The van der Waals surface area contributed by atoms with Gasteiger partial charge in [0, 0.05) is 12.0 Å². The first kappa shape index (κ1) is 18.4. The molecule has 1 heterocycles. The smallest absolute Gasteiger partial charge is 0.311 e. The Morgan fingerprint density at radius 3 is 2.31 bits per heavy atom. The summed E-state index contributed by atoms with van der Waals surface area (Å²) in [5.74, 6) is 2.46. The van der Waals surface area contributed by atoms with Crippen molar-refractivity contribution < 1.29 is 14.6 Å². The summed E-state index contributed by atoms with van der Waals surface area (Å²) < 4.78 is 5.44. The van der Waals surface area contributed by atoms with Crippen molar-refractivity contribution in [2.45, 2.75) is 51.9 Å². The predicted octanol–water partition coefficient (Wildman–Crippen LogP) is 4.75. The zero-order valence-corrected chi connectivity index (χ0v) is 15.2. The second-order valence-corrected chi connectivity index (χ2v) is 7.10. The minimum atomic E-state index is -0.170. The second kappa shape index (κ2) is 8.79. The van der Waals surface area contributed by atoms with Gasteiger partial charge in [0.25, 0.3) is 0 Å². The van der Waals surface area contributed by atoms with E-state index in [-0.39, 0.29) is 11.7 Å². The third-order valence-corrected chi connectivity index (χ3v) is 5.28. The van der Waals surface area contributed by atoms with Crippen LogP contribution >= 0.6 is 0 Å². The summed E-state index contributed by atoms with van der Waals surface area (Å²) in [5.41, 5.74) is 0.803. The third kappa shape index (κ3) is 5.04. The van der Waals surface area contributed by atoms with Crippen molar-refractivity contribution in [3.8, 4) is 22.9 Å². The summed E-state index contributed by atoms with van der Waals surface area (Å²) in [7, 11) is 0. The lowest BCUT2D eigenvalue weighted by Gasteiger charge is -2.27. The van der Waals surface area contributed by atoms with Crippen LogP contribution in [0.1, 0.15) is 51.9 Å². The quantitative estimate of drug-likeness (QED) is 0.598. The Hall–Kier alpha value is -2.43. The summed E-state index contributed by atoms with van der Waals surface area (Å²) in [6, 6.07) is 7.11. The predicted molar refractivity (Wildman–Crippen MR) is 99.7 cm³/mol. The first-order chi connectivity index (χ1) is 12.6. The van der Waals surface area contributed by atoms with Crippen LogP contribution in [0, 0.1) is 11.8 Å². The highest BCUT2D eigenvalue weighted by Gasteiger charge is 2.20. The molecule has 0 saturated heterocycles. The monoisotopic (exact) mass is 354 g/mol. The molecule has 1 aliphatic rings. The molecular formula is C21H26N2O3. The van der Waals surface area contributed by atoms with Crippen LogP contribution in [0.3, 0.4) is 0 Å². The molecule has 2 aromatic rings. The van der Waals surface area contributed by atoms with Gasteiger partial charge in [-0.15, -0.1) is 0 Å². The van der Waals surface area contributed by atoms with E-state index in [2.05, 4.69) is 16.9 Å². The van der Waals surface area contributed by atoms with E-state index in [1.807, 2.05) is 0 Å². The van der Waals surface area contributed by atoms with E-state index in [0.717, 1.165) is 17.9 Å². The van der Waals surface area contributed by atoms with Crippen molar-refractivity contribution in [3.05, 3.63) is 36.7 Å². The van der Waals surface area contributed by atoms with E-state index >= 15 is 0 Å². The van der Waals surface area contributed by atoms with Crippen molar-refractivity contribution in [3.63, 3.8) is 0 Å². The molecule has 0 unspecified atom stereocenters. The van der Waals surface area contributed by atoms with Crippen LogP contribution in [0.15, 0.2) is 36.7 Å². The fourth-order valence-corrected chi connectivity index (χ4v) is 3.58. The number of benzene rings is 1. The molecule has 0 spiro atoms. The van der Waals surface area contributed by atoms with Crippen molar-refractivity contribution in [2.75, 3.05) is 0 Å². The molecule has 1 aromatic heterocycles. The Bertz CT molecular complexity index is 705. The molecule has 0 amide bonds. The SMILES string of the molecule is CCC1CCC(CCC(=O)Oc2ccc(-c3ncc(O)cn3)cc2)CC1. The van der Waals surface area contributed by atoms with Crippen LogP contribution in [0.5, 0.6) is 11.5 Å². The lowest BCUT2D eigenvalue weighted by atomic mass is 9.79. The van der Waals surface area contributed by atoms with Gasteiger partial charge >= 0.3 is 5.97 Å². The molecule has 138 valence electrons. The highest BCUT2D eigenvalue weighted by atomic mass is 16.5. The summed E-state index contributed by atoms with van der Waals surface area (Å²) in [4.78, 5) is 20.2. The maximum absolute atomic E-state index is 12.1. The van der Waals surface area contributed by atoms with Gasteiger partial charge in [-0.1, -0.05) is 39.0 Å². The number of ether oxygens (including phenoxy) is 1. The van der Waals surface area contributed by atoms with Crippen molar-refractivity contribution in [1.82, 2.24) is 9.97 Å². The Kier molecular flexibility index (Phi) is 6.21. The molecule has 5 heteroatoms. The Labute approximate surface area is 154 Å². The van der Waals surface area contributed by atoms with E-state index in [9.17, 15) is 9.90 Å². The Morgan fingerprint density at radius 2 is 1.69 bits per heavy atom. The van der Waals surface area contributed by atoms with Crippen LogP contribution in [-0.4, -0.2) is 21.0 Å². The van der Waals surface area contributed by atoms with Gasteiger partial charge in [0.1, 0.15) is 5.75 Å². The maximum atomic E-state index is 12.1. The molecule has 1 saturated carbocycles. The van der Waals surface area contributed by atoms with E-state index in [4.69, 9.17) is 4.74 Å². The highest BCUT2D eigenvalue weighted by Crippen LogP contribution is 2.33. The zero-order chi connectivity index (χ0) is 18.4. The van der Waals surface area contributed by atoms with Gasteiger partial charge in [-0.25, -0.2) is 9.97 Å². The number of carbonyl (C=O) groups is 1. The molecule has 1 aromatic carbocycles. The van der Waals surface area contributed by atoms with Crippen molar-refractivity contribution >= 4 is 5.97 Å². The number of nitrogens with zero attached hydrogens (tertiary/aromatic N) is 2. The van der Waals surface area contributed by atoms with Crippen LogP contribution in [-0.2, 0) is 4.79 Å². The van der Waals surface area contributed by atoms with Crippen LogP contribution in [0.4, 0.5) is 0 Å². The van der Waals surface area contributed by atoms with Crippen LogP contribution in [0.2, 0.25) is 0 Å². The summed E-state index contributed by atoms with van der Waals surface area (Å²) in [5, 5.41) is 9.23. The summed E-state index contributed by atoms with van der Waals surface area (Å²) >= 11 is 0. The molecule has 0 aliphatic heterocycles. The van der Waals surface area contributed by atoms with E-state index in [1.165, 1.54) is 44.5 Å². The first-order valence-corrected chi connectivity index (χ1v) is 9.46. The Balaban J connectivity index is 1.46. The lowest BCUT2D eigenvalue weighted by Crippen LogP contribution is -2.16. The number of rotatable bonds is 6. The minimum absolute atomic E-state index is 0.0301. The number of carbonyl (C=O) groups excluding carboxylic acids is 1. The molecule has 0 atom stereocenters. The molecule has 26 heavy (non-hydrogen) atoms. The van der Waals surface area contributed by atoms with Gasteiger partial charge in [0.2, 0.25) is 0 Å². The molecule has 0 bridgehead atoms. The van der Waals surface area contributed by atoms with Gasteiger partial charge in [-0.3, -0.25) is 4.79 Å². The van der Waals surface area contributed by atoms with Crippen molar-refractivity contribution in [1.29, 1.82) is 0 Å². The van der Waals surface area contributed by atoms with Gasteiger partial charge in [-0.05, 0) is 42.5 Å². The first-order valence-electron chi connectivity index (χ1n) is 9.46. The largest absolute Gasteiger partial charge is 0.505 e. The fraction of sp³-hybridized carbons (Fsp3) is 0.476. The van der Waals surface area contributed by atoms with Crippen LogP contribution in [0.25, 0.3) is 11.4 Å². The number of hydrogen-bond acceptors (Lipinski definition) is 5. The van der Waals surface area contributed by atoms with Gasteiger partial charge in [0.05, 0.1) is 12.4 Å². The molecule has 1 N–H and O–H groups in total. The number of hydrogen-bond donors (Lipinski definition) is 1. The maximum Gasteiger partial charge on any atom is 0.311 e. The Morgan fingerprint density at radius 1 is 1.08 bits per heavy atom. The van der Waals surface area contributed by atoms with Gasteiger partial charge < -0.3 is 9.84 Å². The highest BCUT2D eigenvalue weighted by molar-refractivity contribution is 5.72. The fourth-order valence-electron chi connectivity index (χ4n) is 3.58. The lowest BCUT2D eigenvalue weighted by molar-refractivity contribution is -0.134. The molecule has 0 radical (unpaired) electrons. The molecule has 3 rings (SSSR count). The minimum Gasteiger partial charge on any atom is -0.505 e.